The van der Waals surface area contributed by atoms with E-state index in [1.54, 1.807) is 0 Å². The molecule has 0 spiro atoms. The number of hydrogen-bond donors (Lipinski definition) is 2. The van der Waals surface area contributed by atoms with Crippen molar-refractivity contribution >= 4 is 11.3 Å². The summed E-state index contributed by atoms with van der Waals surface area (Å²) in [6.07, 6.45) is 8.40. The molecule has 1 heterocycles. The Morgan fingerprint density at radius 2 is 2.10 bits per heavy atom. The second kappa shape index (κ2) is 5.98. The largest absolute Gasteiger partial charge is 0.396 e. The van der Waals surface area contributed by atoms with Gasteiger partial charge in [0.2, 0.25) is 0 Å². The van der Waals surface area contributed by atoms with E-state index in [-0.39, 0.29) is 0 Å². The molecule has 1 fully saturated rings. The zero-order valence-electron chi connectivity index (χ0n) is 13.4. The third kappa shape index (κ3) is 3.49. The van der Waals surface area contributed by atoms with Crippen molar-refractivity contribution in [1.29, 1.82) is 0 Å². The van der Waals surface area contributed by atoms with Crippen molar-refractivity contribution in [1.82, 2.24) is 10.3 Å². The molecular weight excluding hydrogens is 280 g/mol. The van der Waals surface area contributed by atoms with Crippen molar-refractivity contribution < 1.29 is 5.11 Å². The summed E-state index contributed by atoms with van der Waals surface area (Å²) in [6, 6.07) is 0. The quantitative estimate of drug-likeness (QED) is 0.847. The molecule has 0 bridgehead atoms. The number of hydrogen-bond acceptors (Lipinski definition) is 4. The van der Waals surface area contributed by atoms with Crippen molar-refractivity contribution in [3.8, 4) is 0 Å². The first kappa shape index (κ1) is 15.4. The van der Waals surface area contributed by atoms with Crippen molar-refractivity contribution in [3.05, 3.63) is 15.6 Å². The first-order valence-corrected chi connectivity index (χ1v) is 9.13. The molecule has 21 heavy (non-hydrogen) atoms. The molecular formula is C17H28N2OS. The third-order valence-electron chi connectivity index (χ3n) is 5.33. The lowest BCUT2D eigenvalue weighted by molar-refractivity contribution is 0.0859. The fourth-order valence-corrected chi connectivity index (χ4v) is 5.03. The van der Waals surface area contributed by atoms with Gasteiger partial charge >= 0.3 is 0 Å². The Morgan fingerprint density at radius 1 is 1.29 bits per heavy atom. The number of aliphatic hydroxyl groups is 1. The van der Waals surface area contributed by atoms with Crippen LogP contribution in [0.2, 0.25) is 0 Å². The average molecular weight is 308 g/mol. The van der Waals surface area contributed by atoms with Gasteiger partial charge in [0, 0.05) is 24.6 Å². The van der Waals surface area contributed by atoms with Crippen LogP contribution in [0.3, 0.4) is 0 Å². The van der Waals surface area contributed by atoms with Crippen LogP contribution < -0.4 is 5.32 Å². The zero-order chi connectivity index (χ0) is 14.9. The Hall–Kier alpha value is -0.450. The van der Waals surface area contributed by atoms with Crippen molar-refractivity contribution in [3.63, 3.8) is 0 Å². The van der Waals surface area contributed by atoms with Gasteiger partial charge in [0.25, 0.3) is 0 Å². The molecule has 2 aliphatic carbocycles. The van der Waals surface area contributed by atoms with Gasteiger partial charge in [0.15, 0.2) is 0 Å². The van der Waals surface area contributed by atoms with Gasteiger partial charge < -0.3 is 10.4 Å². The average Bonchev–Trinajstić information content (AvgIpc) is 2.76. The Labute approximate surface area is 132 Å². The van der Waals surface area contributed by atoms with Gasteiger partial charge in [-0.2, -0.15) is 0 Å². The van der Waals surface area contributed by atoms with Crippen LogP contribution in [0, 0.1) is 10.8 Å². The molecule has 3 rings (SSSR count). The number of aryl methyl sites for hydroxylation is 1. The molecule has 2 aliphatic rings. The number of nitrogens with one attached hydrogen (secondary N) is 1. The maximum absolute atomic E-state index is 9.20. The molecule has 118 valence electrons. The van der Waals surface area contributed by atoms with Crippen LogP contribution in [0.4, 0.5) is 0 Å². The predicted octanol–water partition coefficient (Wildman–Crippen LogP) is 3.30. The number of rotatable bonds is 6. The van der Waals surface area contributed by atoms with Crippen LogP contribution in [-0.4, -0.2) is 23.2 Å². The number of aliphatic hydroxyl groups excluding tert-OH is 1. The summed E-state index contributed by atoms with van der Waals surface area (Å²) in [5.74, 6) is 0. The monoisotopic (exact) mass is 308 g/mol. The Kier molecular flexibility index (Phi) is 4.40. The van der Waals surface area contributed by atoms with Crippen LogP contribution in [-0.2, 0) is 19.4 Å². The first-order valence-electron chi connectivity index (χ1n) is 8.31. The van der Waals surface area contributed by atoms with Crippen LogP contribution in [0.1, 0.15) is 61.5 Å². The highest BCUT2D eigenvalue weighted by Gasteiger charge is 2.35. The molecule has 0 aliphatic heterocycles. The van der Waals surface area contributed by atoms with E-state index < -0.39 is 0 Å². The smallest absolute Gasteiger partial charge is 0.107 e. The van der Waals surface area contributed by atoms with Crippen molar-refractivity contribution in [2.75, 3.05) is 13.2 Å². The molecule has 1 saturated carbocycles. The van der Waals surface area contributed by atoms with E-state index in [9.17, 15) is 5.11 Å². The molecule has 0 aromatic carbocycles. The maximum Gasteiger partial charge on any atom is 0.107 e. The first-order chi connectivity index (χ1) is 10.0. The van der Waals surface area contributed by atoms with Gasteiger partial charge in [0.1, 0.15) is 5.01 Å². The van der Waals surface area contributed by atoms with E-state index >= 15 is 0 Å². The van der Waals surface area contributed by atoms with Gasteiger partial charge in [-0.15, -0.1) is 11.3 Å². The summed E-state index contributed by atoms with van der Waals surface area (Å²) in [4.78, 5) is 6.34. The highest BCUT2D eigenvalue weighted by molar-refractivity contribution is 7.11. The van der Waals surface area contributed by atoms with E-state index in [0.29, 0.717) is 17.4 Å². The Balaban J connectivity index is 1.54. The number of nitrogens with zero attached hydrogens (tertiary/aromatic N) is 1. The van der Waals surface area contributed by atoms with Crippen molar-refractivity contribution in [2.24, 2.45) is 10.8 Å². The Bertz CT molecular complexity index is 491. The number of aromatic nitrogens is 1. The molecule has 2 N–H and O–H groups in total. The fourth-order valence-electron chi connectivity index (χ4n) is 3.69. The molecule has 1 aromatic heterocycles. The molecule has 0 amide bonds. The van der Waals surface area contributed by atoms with Crippen LogP contribution in [0.5, 0.6) is 0 Å². The van der Waals surface area contributed by atoms with Crippen LogP contribution in [0.25, 0.3) is 0 Å². The van der Waals surface area contributed by atoms with Gasteiger partial charge in [-0.1, -0.05) is 20.3 Å². The summed E-state index contributed by atoms with van der Waals surface area (Å²) in [5.41, 5.74) is 2.17. The molecule has 4 heteroatoms. The highest BCUT2D eigenvalue weighted by atomic mass is 32.1. The third-order valence-corrected chi connectivity index (χ3v) is 6.43. The molecule has 3 nitrogen and oxygen atoms in total. The van der Waals surface area contributed by atoms with Crippen LogP contribution >= 0.6 is 11.3 Å². The maximum atomic E-state index is 9.20. The van der Waals surface area contributed by atoms with E-state index in [1.165, 1.54) is 47.7 Å². The zero-order valence-corrected chi connectivity index (χ0v) is 14.2. The van der Waals surface area contributed by atoms with E-state index in [0.717, 1.165) is 25.9 Å². The van der Waals surface area contributed by atoms with E-state index in [2.05, 4.69) is 19.2 Å². The minimum Gasteiger partial charge on any atom is -0.396 e. The summed E-state index contributed by atoms with van der Waals surface area (Å²) >= 11 is 1.90. The summed E-state index contributed by atoms with van der Waals surface area (Å²) in [6.45, 7) is 6.97. The summed E-state index contributed by atoms with van der Waals surface area (Å²) < 4.78 is 0. The van der Waals surface area contributed by atoms with E-state index in [4.69, 9.17) is 4.98 Å². The highest BCUT2D eigenvalue weighted by Crippen LogP contribution is 2.43. The lowest BCUT2D eigenvalue weighted by atomic mass is 9.67. The second-order valence-corrected chi connectivity index (χ2v) is 8.92. The second-order valence-electron chi connectivity index (χ2n) is 7.75. The predicted molar refractivity (Wildman–Crippen MR) is 87.6 cm³/mol. The molecule has 0 saturated heterocycles. The number of fused-ring (bicyclic) bond motifs is 1. The van der Waals surface area contributed by atoms with Gasteiger partial charge in [0.05, 0.1) is 5.69 Å². The Morgan fingerprint density at radius 3 is 2.76 bits per heavy atom. The summed E-state index contributed by atoms with van der Waals surface area (Å²) in [7, 11) is 0. The van der Waals surface area contributed by atoms with E-state index in [1.807, 2.05) is 11.3 Å². The lowest BCUT2D eigenvalue weighted by Crippen LogP contribution is -2.40. The normalized spacial score (nSPS) is 22.6. The SMILES string of the molecule is CC1(C)CCc2nc(CNCC3(CCO)CCC3)sc2C1. The molecule has 0 radical (unpaired) electrons. The molecule has 0 atom stereocenters. The molecule has 1 aromatic rings. The standard InChI is InChI=1S/C17H28N2OS/c1-16(2)7-4-13-14(10-16)21-15(19-13)11-18-12-17(8-9-20)5-3-6-17/h18,20H,3-12H2,1-2H3. The van der Waals surface area contributed by atoms with Gasteiger partial charge in [-0.3, -0.25) is 0 Å². The topological polar surface area (TPSA) is 45.2 Å². The van der Waals surface area contributed by atoms with Crippen LogP contribution in [0.15, 0.2) is 0 Å². The minimum atomic E-state index is 0.322. The summed E-state index contributed by atoms with van der Waals surface area (Å²) in [5, 5.41) is 14.0. The molecule has 0 unspecified atom stereocenters. The lowest BCUT2D eigenvalue weighted by Gasteiger charge is -2.42. The number of thiazole rings is 1. The minimum absolute atomic E-state index is 0.322. The van der Waals surface area contributed by atoms with Gasteiger partial charge in [-0.05, 0) is 49.4 Å². The van der Waals surface area contributed by atoms with Gasteiger partial charge in [-0.25, -0.2) is 4.98 Å². The fraction of sp³-hybridized carbons (Fsp3) is 0.824. The van der Waals surface area contributed by atoms with Crippen molar-refractivity contribution in [2.45, 2.75) is 65.3 Å².